The van der Waals surface area contributed by atoms with Crippen molar-refractivity contribution in [1.82, 2.24) is 0 Å². The first-order valence-electron chi connectivity index (χ1n) is 6.55. The van der Waals surface area contributed by atoms with E-state index in [0.29, 0.717) is 12.0 Å². The molecule has 2 aromatic rings. The molecule has 0 spiro atoms. The van der Waals surface area contributed by atoms with Gasteiger partial charge < -0.3 is 0 Å². The van der Waals surface area contributed by atoms with Crippen LogP contribution in [0, 0.1) is 0 Å². The standard InChI is InChI=1S/C16H15BrO3S/c17-14-8-10-15(11-9-14)21(19,20)12-4-7-16(18)13-5-2-1-3-6-13/h1-3,5-6,8-11H,4,7,12H2. The van der Waals surface area contributed by atoms with Gasteiger partial charge in [0.05, 0.1) is 10.6 Å². The number of hydrogen-bond acceptors (Lipinski definition) is 3. The highest BCUT2D eigenvalue weighted by molar-refractivity contribution is 9.10. The Bertz CT molecular complexity index is 707. The molecule has 0 saturated heterocycles. The lowest BCUT2D eigenvalue weighted by Crippen LogP contribution is -2.09. The van der Waals surface area contributed by atoms with Gasteiger partial charge in [-0.15, -0.1) is 0 Å². The van der Waals surface area contributed by atoms with Crippen LogP contribution < -0.4 is 0 Å². The fourth-order valence-corrected chi connectivity index (χ4v) is 3.53. The van der Waals surface area contributed by atoms with Crippen molar-refractivity contribution in [2.45, 2.75) is 17.7 Å². The number of carbonyl (C=O) groups excluding carboxylic acids is 1. The fourth-order valence-electron chi connectivity index (χ4n) is 1.95. The third-order valence-electron chi connectivity index (χ3n) is 3.09. The van der Waals surface area contributed by atoms with E-state index in [2.05, 4.69) is 15.9 Å². The molecule has 5 heteroatoms. The molecule has 2 aromatic carbocycles. The topological polar surface area (TPSA) is 51.2 Å². The number of ketones is 1. The zero-order valence-electron chi connectivity index (χ0n) is 11.3. The van der Waals surface area contributed by atoms with Crippen molar-refractivity contribution < 1.29 is 13.2 Å². The summed E-state index contributed by atoms with van der Waals surface area (Å²) in [5, 5.41) is 0. The summed E-state index contributed by atoms with van der Waals surface area (Å²) in [6.07, 6.45) is 0.561. The first-order chi connectivity index (χ1) is 9.99. The van der Waals surface area contributed by atoms with Crippen molar-refractivity contribution in [1.29, 1.82) is 0 Å². The molecule has 0 aromatic heterocycles. The van der Waals surface area contributed by atoms with Gasteiger partial charge >= 0.3 is 0 Å². The first kappa shape index (κ1) is 15.9. The molecular formula is C16H15BrO3S. The second-order valence-corrected chi connectivity index (χ2v) is 7.69. The molecule has 3 nitrogen and oxygen atoms in total. The number of sulfone groups is 1. The minimum absolute atomic E-state index is 0.0206. The molecule has 0 saturated carbocycles. The fraction of sp³-hybridized carbons (Fsp3) is 0.188. The smallest absolute Gasteiger partial charge is 0.178 e. The lowest BCUT2D eigenvalue weighted by molar-refractivity contribution is 0.0982. The molecule has 0 fully saturated rings. The molecule has 0 aliphatic heterocycles. The average molecular weight is 367 g/mol. The molecule has 0 amide bonds. The molecule has 0 atom stereocenters. The van der Waals surface area contributed by atoms with Gasteiger partial charge in [0.25, 0.3) is 0 Å². The lowest BCUT2D eigenvalue weighted by atomic mass is 10.1. The van der Waals surface area contributed by atoms with Crippen LogP contribution in [0.5, 0.6) is 0 Å². The second kappa shape index (κ2) is 7.00. The maximum absolute atomic E-state index is 12.1. The summed E-state index contributed by atoms with van der Waals surface area (Å²) in [7, 11) is -3.33. The highest BCUT2D eigenvalue weighted by Crippen LogP contribution is 2.17. The van der Waals surface area contributed by atoms with Crippen molar-refractivity contribution in [2.24, 2.45) is 0 Å². The zero-order chi connectivity index (χ0) is 15.3. The summed E-state index contributed by atoms with van der Waals surface area (Å²) in [5.41, 5.74) is 0.624. The van der Waals surface area contributed by atoms with Crippen LogP contribution in [-0.4, -0.2) is 20.0 Å². The molecule has 0 N–H and O–H groups in total. The number of rotatable bonds is 6. The van der Waals surface area contributed by atoms with Crippen LogP contribution in [0.4, 0.5) is 0 Å². The molecule has 0 aliphatic carbocycles. The minimum Gasteiger partial charge on any atom is -0.294 e. The van der Waals surface area contributed by atoms with Gasteiger partial charge in [0, 0.05) is 16.5 Å². The Kier molecular flexibility index (Phi) is 5.31. The van der Waals surface area contributed by atoms with E-state index in [9.17, 15) is 13.2 Å². The summed E-state index contributed by atoms with van der Waals surface area (Å²) in [6, 6.07) is 15.4. The van der Waals surface area contributed by atoms with Crippen molar-refractivity contribution >= 4 is 31.6 Å². The number of hydrogen-bond donors (Lipinski definition) is 0. The first-order valence-corrected chi connectivity index (χ1v) is 9.00. The van der Waals surface area contributed by atoms with Crippen molar-refractivity contribution in [3.8, 4) is 0 Å². The second-order valence-electron chi connectivity index (χ2n) is 4.67. The highest BCUT2D eigenvalue weighted by Gasteiger charge is 2.15. The molecule has 0 aliphatic rings. The maximum atomic E-state index is 12.1. The Morgan fingerprint density at radius 1 is 0.952 bits per heavy atom. The molecule has 0 heterocycles. The van der Waals surface area contributed by atoms with E-state index in [1.54, 1.807) is 48.5 Å². The lowest BCUT2D eigenvalue weighted by Gasteiger charge is -2.05. The summed E-state index contributed by atoms with van der Waals surface area (Å²) in [5.74, 6) is -0.0469. The Morgan fingerprint density at radius 3 is 2.19 bits per heavy atom. The van der Waals surface area contributed by atoms with Gasteiger partial charge in [-0.25, -0.2) is 8.42 Å². The summed E-state index contributed by atoms with van der Waals surface area (Å²) < 4.78 is 25.1. The third kappa shape index (κ3) is 4.51. The Morgan fingerprint density at radius 2 is 1.57 bits per heavy atom. The van der Waals surface area contributed by atoms with Crippen molar-refractivity contribution in [2.75, 3.05) is 5.75 Å². The molecule has 0 bridgehead atoms. The van der Waals surface area contributed by atoms with Crippen LogP contribution in [0.25, 0.3) is 0 Å². The van der Waals surface area contributed by atoms with Gasteiger partial charge in [-0.3, -0.25) is 4.79 Å². The van der Waals surface area contributed by atoms with Gasteiger partial charge in [0.15, 0.2) is 15.6 Å². The van der Waals surface area contributed by atoms with Crippen LogP contribution in [0.2, 0.25) is 0 Å². The number of Topliss-reactive ketones (excluding diaryl/α,β-unsaturated/α-hetero) is 1. The van der Waals surface area contributed by atoms with E-state index >= 15 is 0 Å². The Hall–Kier alpha value is -1.46. The molecule has 110 valence electrons. The molecular weight excluding hydrogens is 352 g/mol. The van der Waals surface area contributed by atoms with Crippen LogP contribution in [0.15, 0.2) is 64.0 Å². The zero-order valence-corrected chi connectivity index (χ0v) is 13.7. The molecule has 0 unspecified atom stereocenters. The van der Waals surface area contributed by atoms with Gasteiger partial charge in [0.2, 0.25) is 0 Å². The Labute approximate surface area is 133 Å². The van der Waals surface area contributed by atoms with Crippen LogP contribution in [0.1, 0.15) is 23.2 Å². The Balaban J connectivity index is 1.94. The van der Waals surface area contributed by atoms with Gasteiger partial charge in [-0.1, -0.05) is 46.3 Å². The van der Waals surface area contributed by atoms with Crippen molar-refractivity contribution in [3.63, 3.8) is 0 Å². The number of benzene rings is 2. The predicted octanol–water partition coefficient (Wildman–Crippen LogP) is 3.89. The van der Waals surface area contributed by atoms with Crippen LogP contribution in [-0.2, 0) is 9.84 Å². The van der Waals surface area contributed by atoms with Crippen LogP contribution >= 0.6 is 15.9 Å². The van der Waals surface area contributed by atoms with Gasteiger partial charge in [0.1, 0.15) is 0 Å². The number of halogens is 1. The maximum Gasteiger partial charge on any atom is 0.178 e. The highest BCUT2D eigenvalue weighted by atomic mass is 79.9. The summed E-state index contributed by atoms with van der Waals surface area (Å²) in [6.45, 7) is 0. The summed E-state index contributed by atoms with van der Waals surface area (Å²) in [4.78, 5) is 12.2. The third-order valence-corrected chi connectivity index (χ3v) is 5.43. The largest absolute Gasteiger partial charge is 0.294 e. The predicted molar refractivity (Wildman–Crippen MR) is 86.2 cm³/mol. The van der Waals surface area contributed by atoms with E-state index in [1.807, 2.05) is 6.07 Å². The van der Waals surface area contributed by atoms with E-state index in [-0.39, 0.29) is 22.9 Å². The number of carbonyl (C=O) groups is 1. The summed E-state index contributed by atoms with van der Waals surface area (Å²) >= 11 is 3.27. The van der Waals surface area contributed by atoms with E-state index in [1.165, 1.54) is 0 Å². The molecule has 0 radical (unpaired) electrons. The van der Waals surface area contributed by atoms with E-state index in [0.717, 1.165) is 4.47 Å². The van der Waals surface area contributed by atoms with E-state index < -0.39 is 9.84 Å². The van der Waals surface area contributed by atoms with Crippen LogP contribution in [0.3, 0.4) is 0 Å². The van der Waals surface area contributed by atoms with Gasteiger partial charge in [-0.05, 0) is 30.7 Å². The normalized spacial score (nSPS) is 11.3. The monoisotopic (exact) mass is 366 g/mol. The molecule has 2 rings (SSSR count). The minimum atomic E-state index is -3.33. The quantitative estimate of drug-likeness (QED) is 0.728. The van der Waals surface area contributed by atoms with Crippen molar-refractivity contribution in [3.05, 3.63) is 64.6 Å². The average Bonchev–Trinajstić information content (AvgIpc) is 2.48. The van der Waals surface area contributed by atoms with E-state index in [4.69, 9.17) is 0 Å². The SMILES string of the molecule is O=C(CCCS(=O)(=O)c1ccc(Br)cc1)c1ccccc1. The van der Waals surface area contributed by atoms with Gasteiger partial charge in [-0.2, -0.15) is 0 Å². The molecule has 21 heavy (non-hydrogen) atoms.